The highest BCUT2D eigenvalue weighted by Gasteiger charge is 2.42. The molecule has 1 saturated heterocycles. The van der Waals surface area contributed by atoms with E-state index < -0.39 is 0 Å². The number of aromatic nitrogens is 2. The number of pyridine rings is 1. The minimum Gasteiger partial charge on any atom is -0.497 e. The number of methoxy groups -OCH3 is 1. The zero-order valence-electron chi connectivity index (χ0n) is 18.9. The largest absolute Gasteiger partial charge is 0.497 e. The lowest BCUT2D eigenvalue weighted by atomic mass is 10.0. The lowest BCUT2D eigenvalue weighted by Crippen LogP contribution is -2.30. The molecule has 2 aromatic heterocycles. The summed E-state index contributed by atoms with van der Waals surface area (Å²) in [5, 5.41) is 4.20. The highest BCUT2D eigenvalue weighted by molar-refractivity contribution is 7.80. The summed E-state index contributed by atoms with van der Waals surface area (Å²) in [6, 6.07) is 24.6. The van der Waals surface area contributed by atoms with Crippen molar-refractivity contribution in [3.05, 3.63) is 108 Å². The van der Waals surface area contributed by atoms with Crippen molar-refractivity contribution in [3.63, 3.8) is 0 Å². The monoisotopic (exact) mass is 454 g/mol. The third kappa shape index (κ3) is 3.87. The van der Waals surface area contributed by atoms with Crippen molar-refractivity contribution in [2.24, 2.45) is 0 Å². The molecule has 1 N–H and O–H groups in total. The Morgan fingerprint density at radius 1 is 0.909 bits per heavy atom. The van der Waals surface area contributed by atoms with E-state index in [1.807, 2.05) is 42.6 Å². The van der Waals surface area contributed by atoms with Crippen LogP contribution in [0.2, 0.25) is 0 Å². The summed E-state index contributed by atoms with van der Waals surface area (Å²) < 4.78 is 7.74. The Hall–Kier alpha value is -3.64. The maximum Gasteiger partial charge on any atom is 0.174 e. The second kappa shape index (κ2) is 8.71. The molecular weight excluding hydrogens is 428 g/mol. The topological polar surface area (TPSA) is 42.3 Å². The average molecular weight is 455 g/mol. The molecule has 0 radical (unpaired) electrons. The number of nitrogens with one attached hydrogen (secondary N) is 1. The smallest absolute Gasteiger partial charge is 0.174 e. The van der Waals surface area contributed by atoms with Crippen molar-refractivity contribution in [1.82, 2.24) is 14.9 Å². The molecule has 5 rings (SSSR count). The number of nitrogens with zero attached hydrogens (tertiary/aromatic N) is 3. The second-order valence-corrected chi connectivity index (χ2v) is 8.66. The van der Waals surface area contributed by atoms with E-state index in [4.69, 9.17) is 17.0 Å². The maximum atomic E-state index is 5.86. The summed E-state index contributed by atoms with van der Waals surface area (Å²) in [5.41, 5.74) is 6.72. The Balaban J connectivity index is 1.67. The predicted octanol–water partition coefficient (Wildman–Crippen LogP) is 5.67. The van der Waals surface area contributed by atoms with Crippen molar-refractivity contribution < 1.29 is 4.74 Å². The van der Waals surface area contributed by atoms with E-state index in [2.05, 4.69) is 76.2 Å². The second-order valence-electron chi connectivity index (χ2n) is 8.27. The van der Waals surface area contributed by atoms with Crippen molar-refractivity contribution in [3.8, 4) is 11.4 Å². The van der Waals surface area contributed by atoms with Crippen LogP contribution in [0.5, 0.6) is 5.75 Å². The van der Waals surface area contributed by atoms with Gasteiger partial charge >= 0.3 is 0 Å². The predicted molar refractivity (Wildman–Crippen MR) is 136 cm³/mol. The van der Waals surface area contributed by atoms with Crippen LogP contribution < -0.4 is 15.0 Å². The summed E-state index contributed by atoms with van der Waals surface area (Å²) in [5.74, 6) is 0.792. The Bertz CT molecular complexity index is 1300. The lowest BCUT2D eigenvalue weighted by Gasteiger charge is -2.29. The van der Waals surface area contributed by atoms with Crippen LogP contribution in [0.3, 0.4) is 0 Å². The molecule has 33 heavy (non-hydrogen) atoms. The molecule has 0 saturated carbocycles. The van der Waals surface area contributed by atoms with Gasteiger partial charge in [0.15, 0.2) is 5.11 Å². The molecule has 1 aliphatic rings. The summed E-state index contributed by atoms with van der Waals surface area (Å²) in [6.07, 6.45) is 3.94. The third-order valence-corrected chi connectivity index (χ3v) is 6.60. The van der Waals surface area contributed by atoms with Crippen LogP contribution in [-0.2, 0) is 0 Å². The van der Waals surface area contributed by atoms with Gasteiger partial charge in [-0.1, -0.05) is 18.2 Å². The fourth-order valence-corrected chi connectivity index (χ4v) is 4.79. The van der Waals surface area contributed by atoms with Gasteiger partial charge in [-0.25, -0.2) is 0 Å². The number of benzene rings is 2. The molecule has 1 aliphatic heterocycles. The van der Waals surface area contributed by atoms with E-state index in [0.717, 1.165) is 28.5 Å². The molecule has 0 amide bonds. The molecule has 2 aromatic carbocycles. The average Bonchev–Trinajstić information content (AvgIpc) is 3.45. The molecule has 3 heterocycles. The first kappa shape index (κ1) is 21.2. The molecule has 166 valence electrons. The minimum absolute atomic E-state index is 0.101. The van der Waals surface area contributed by atoms with Crippen LogP contribution in [0.1, 0.15) is 34.6 Å². The summed E-state index contributed by atoms with van der Waals surface area (Å²) >= 11 is 5.86. The molecule has 1 fully saturated rings. The van der Waals surface area contributed by atoms with Gasteiger partial charge < -0.3 is 19.5 Å². The van der Waals surface area contributed by atoms with E-state index in [9.17, 15) is 0 Å². The van der Waals surface area contributed by atoms with Crippen molar-refractivity contribution in [2.75, 3.05) is 12.0 Å². The zero-order valence-corrected chi connectivity index (χ0v) is 19.7. The number of thiocarbonyl (C=S) groups is 1. The Labute approximate surface area is 199 Å². The highest BCUT2D eigenvalue weighted by atomic mass is 32.1. The van der Waals surface area contributed by atoms with E-state index >= 15 is 0 Å². The van der Waals surface area contributed by atoms with Gasteiger partial charge in [-0.15, -0.1) is 0 Å². The summed E-state index contributed by atoms with van der Waals surface area (Å²) in [7, 11) is 1.68. The van der Waals surface area contributed by atoms with E-state index in [0.29, 0.717) is 5.11 Å². The maximum absolute atomic E-state index is 5.86. The summed E-state index contributed by atoms with van der Waals surface area (Å²) in [4.78, 5) is 6.83. The number of rotatable bonds is 5. The standard InChI is InChI=1S/C27H26N4OS/c1-18-12-13-20(16-19(18)2)30-15-7-11-24(30)26-25(23-10-4-5-14-28-23)29-27(33)31(26)21-8-6-9-22(17-21)32-3/h4-17,25-26H,1-3H3,(H,29,33). The normalized spacial score (nSPS) is 17.8. The SMILES string of the molecule is COc1cccc(N2C(=S)NC(c3ccccn3)C2c2cccn2-c2ccc(C)c(C)c2)c1. The van der Waals surface area contributed by atoms with Gasteiger partial charge in [0, 0.05) is 35.5 Å². The van der Waals surface area contributed by atoms with Crippen LogP contribution in [0.4, 0.5) is 5.69 Å². The molecule has 6 heteroatoms. The van der Waals surface area contributed by atoms with Crippen LogP contribution in [0, 0.1) is 13.8 Å². The lowest BCUT2D eigenvalue weighted by molar-refractivity contribution is 0.414. The van der Waals surface area contributed by atoms with Crippen LogP contribution in [0.25, 0.3) is 5.69 Å². The molecule has 5 nitrogen and oxygen atoms in total. The number of hydrogen-bond acceptors (Lipinski definition) is 3. The van der Waals surface area contributed by atoms with Crippen LogP contribution in [0.15, 0.2) is 85.2 Å². The molecule has 0 spiro atoms. The molecule has 4 aromatic rings. The number of ether oxygens (including phenoxy) is 1. The Morgan fingerprint density at radius 3 is 2.55 bits per heavy atom. The fourth-order valence-electron chi connectivity index (χ4n) is 4.44. The number of aryl methyl sites for hydroxylation is 2. The van der Waals surface area contributed by atoms with Crippen LogP contribution in [-0.4, -0.2) is 21.8 Å². The molecule has 2 unspecified atom stereocenters. The third-order valence-electron chi connectivity index (χ3n) is 6.28. The van der Waals surface area contributed by atoms with E-state index in [-0.39, 0.29) is 12.1 Å². The van der Waals surface area contributed by atoms with Crippen molar-refractivity contribution in [1.29, 1.82) is 0 Å². The van der Waals surface area contributed by atoms with Gasteiger partial charge in [0.05, 0.1) is 18.8 Å². The van der Waals surface area contributed by atoms with Gasteiger partial charge in [-0.05, 0) is 85.7 Å². The Kier molecular flexibility index (Phi) is 5.60. The van der Waals surface area contributed by atoms with E-state index in [1.165, 1.54) is 11.1 Å². The van der Waals surface area contributed by atoms with Gasteiger partial charge in [-0.3, -0.25) is 4.98 Å². The molecular formula is C27H26N4OS. The first-order valence-corrected chi connectivity index (χ1v) is 11.4. The number of anilines is 1. The molecule has 0 aliphatic carbocycles. The van der Waals surface area contributed by atoms with Crippen LogP contribution >= 0.6 is 12.2 Å². The van der Waals surface area contributed by atoms with Gasteiger partial charge in [0.1, 0.15) is 11.8 Å². The quantitative estimate of drug-likeness (QED) is 0.393. The van der Waals surface area contributed by atoms with Crippen molar-refractivity contribution >= 4 is 23.0 Å². The van der Waals surface area contributed by atoms with Crippen molar-refractivity contribution in [2.45, 2.75) is 25.9 Å². The molecule has 2 atom stereocenters. The minimum atomic E-state index is -0.106. The fraction of sp³-hybridized carbons (Fsp3) is 0.185. The number of hydrogen-bond donors (Lipinski definition) is 1. The first-order valence-electron chi connectivity index (χ1n) is 11.0. The van der Waals surface area contributed by atoms with E-state index in [1.54, 1.807) is 7.11 Å². The molecule has 0 bridgehead atoms. The van der Waals surface area contributed by atoms with Gasteiger partial charge in [0.2, 0.25) is 0 Å². The first-order chi connectivity index (χ1) is 16.1. The van der Waals surface area contributed by atoms with Gasteiger partial charge in [-0.2, -0.15) is 0 Å². The zero-order chi connectivity index (χ0) is 22.9. The van der Waals surface area contributed by atoms with Gasteiger partial charge in [0.25, 0.3) is 0 Å². The Morgan fingerprint density at radius 2 is 1.79 bits per heavy atom. The summed E-state index contributed by atoms with van der Waals surface area (Å²) in [6.45, 7) is 4.28. The highest BCUT2D eigenvalue weighted by Crippen LogP contribution is 2.42.